The highest BCUT2D eigenvalue weighted by atomic mass is 16.2. The monoisotopic (exact) mass is 368 g/mol. The van der Waals surface area contributed by atoms with Crippen molar-refractivity contribution in [2.24, 2.45) is 5.92 Å². The Labute approximate surface area is 158 Å². The van der Waals surface area contributed by atoms with Crippen LogP contribution in [0.25, 0.3) is 11.3 Å². The number of amides is 2. The van der Waals surface area contributed by atoms with Crippen LogP contribution in [0.3, 0.4) is 0 Å². The van der Waals surface area contributed by atoms with Gasteiger partial charge in [-0.25, -0.2) is 9.97 Å². The summed E-state index contributed by atoms with van der Waals surface area (Å²) in [5.41, 5.74) is 1.64. The molecule has 2 aliphatic rings. The summed E-state index contributed by atoms with van der Waals surface area (Å²) in [6.07, 6.45) is 10.4. The number of likely N-dealkylation sites (tertiary alicyclic amines) is 2. The summed E-state index contributed by atoms with van der Waals surface area (Å²) in [4.78, 5) is 37.0. The minimum atomic E-state index is 0.0411. The zero-order valence-corrected chi connectivity index (χ0v) is 15.3. The van der Waals surface area contributed by atoms with Crippen molar-refractivity contribution in [3.63, 3.8) is 0 Å². The highest BCUT2D eigenvalue weighted by molar-refractivity contribution is 5.80. The SMILES string of the molecule is O=C(Cn1cc(-c2ccncn2)cn1)N1CCC(C(=O)N2CCCC2)CC1. The van der Waals surface area contributed by atoms with E-state index in [2.05, 4.69) is 15.1 Å². The molecule has 0 radical (unpaired) electrons. The number of nitrogens with zero attached hydrogens (tertiary/aromatic N) is 6. The summed E-state index contributed by atoms with van der Waals surface area (Å²) in [5.74, 6) is 0.391. The molecule has 0 aliphatic carbocycles. The Morgan fingerprint density at radius 3 is 2.56 bits per heavy atom. The van der Waals surface area contributed by atoms with Gasteiger partial charge in [0.2, 0.25) is 11.8 Å². The molecule has 0 atom stereocenters. The molecule has 2 amide bonds. The van der Waals surface area contributed by atoms with Crippen LogP contribution in [0.5, 0.6) is 0 Å². The number of carbonyl (C=O) groups is 2. The summed E-state index contributed by atoms with van der Waals surface area (Å²) in [6, 6.07) is 1.81. The predicted octanol–water partition coefficient (Wildman–Crippen LogP) is 1.20. The van der Waals surface area contributed by atoms with Crippen LogP contribution in [0.2, 0.25) is 0 Å². The maximum atomic E-state index is 12.6. The van der Waals surface area contributed by atoms with Gasteiger partial charge >= 0.3 is 0 Å². The minimum Gasteiger partial charge on any atom is -0.342 e. The zero-order chi connectivity index (χ0) is 18.6. The Morgan fingerprint density at radius 1 is 1.07 bits per heavy atom. The van der Waals surface area contributed by atoms with Crippen molar-refractivity contribution in [2.45, 2.75) is 32.2 Å². The van der Waals surface area contributed by atoms with E-state index in [1.165, 1.54) is 6.33 Å². The van der Waals surface area contributed by atoms with E-state index in [4.69, 9.17) is 0 Å². The Bertz CT molecular complexity index is 792. The van der Waals surface area contributed by atoms with Crippen LogP contribution in [-0.2, 0) is 16.1 Å². The lowest BCUT2D eigenvalue weighted by atomic mass is 9.95. The van der Waals surface area contributed by atoms with Crippen LogP contribution in [-0.4, -0.2) is 67.5 Å². The molecular weight excluding hydrogens is 344 g/mol. The van der Waals surface area contributed by atoms with E-state index >= 15 is 0 Å². The van der Waals surface area contributed by atoms with E-state index in [9.17, 15) is 9.59 Å². The van der Waals surface area contributed by atoms with Crippen molar-refractivity contribution in [2.75, 3.05) is 26.2 Å². The molecule has 142 valence electrons. The maximum absolute atomic E-state index is 12.6. The topological polar surface area (TPSA) is 84.2 Å². The first kappa shape index (κ1) is 17.6. The summed E-state index contributed by atoms with van der Waals surface area (Å²) in [6.45, 7) is 3.28. The number of hydrogen-bond acceptors (Lipinski definition) is 5. The first-order valence-electron chi connectivity index (χ1n) is 9.56. The predicted molar refractivity (Wildman–Crippen MR) is 98.4 cm³/mol. The first-order chi connectivity index (χ1) is 13.2. The quantitative estimate of drug-likeness (QED) is 0.810. The van der Waals surface area contributed by atoms with E-state index in [1.54, 1.807) is 17.1 Å². The third-order valence-electron chi connectivity index (χ3n) is 5.42. The van der Waals surface area contributed by atoms with Gasteiger partial charge in [0.15, 0.2) is 0 Å². The average Bonchev–Trinajstić information content (AvgIpc) is 3.40. The van der Waals surface area contributed by atoms with Crippen molar-refractivity contribution >= 4 is 11.8 Å². The van der Waals surface area contributed by atoms with Crippen molar-refractivity contribution in [3.8, 4) is 11.3 Å². The molecule has 4 rings (SSSR count). The molecule has 2 saturated heterocycles. The number of hydrogen-bond donors (Lipinski definition) is 0. The van der Waals surface area contributed by atoms with Gasteiger partial charge < -0.3 is 9.80 Å². The second-order valence-corrected chi connectivity index (χ2v) is 7.21. The van der Waals surface area contributed by atoms with Crippen LogP contribution in [0, 0.1) is 5.92 Å². The molecule has 0 bridgehead atoms. The standard InChI is InChI=1S/C19H24N6O2/c26-18(13-25-12-16(11-22-25)17-3-6-20-14-21-17)23-9-4-15(5-10-23)19(27)24-7-1-2-8-24/h3,6,11-12,14-15H,1-2,4-5,7-10,13H2. The number of aromatic nitrogens is 4. The number of rotatable bonds is 4. The maximum Gasteiger partial charge on any atom is 0.244 e. The fourth-order valence-corrected chi connectivity index (χ4v) is 3.85. The molecule has 0 spiro atoms. The Balaban J connectivity index is 1.30. The molecule has 8 heteroatoms. The molecule has 4 heterocycles. The van der Waals surface area contributed by atoms with Crippen LogP contribution in [0.1, 0.15) is 25.7 Å². The lowest BCUT2D eigenvalue weighted by molar-refractivity contribution is -0.140. The van der Waals surface area contributed by atoms with Crippen molar-refractivity contribution in [1.82, 2.24) is 29.5 Å². The molecule has 0 unspecified atom stereocenters. The van der Waals surface area contributed by atoms with Crippen LogP contribution < -0.4 is 0 Å². The Kier molecular flexibility index (Phi) is 5.13. The Hall–Kier alpha value is -2.77. The first-order valence-corrected chi connectivity index (χ1v) is 9.56. The molecule has 2 aromatic rings. The highest BCUT2D eigenvalue weighted by Gasteiger charge is 2.31. The van der Waals surface area contributed by atoms with Crippen molar-refractivity contribution in [1.29, 1.82) is 0 Å². The van der Waals surface area contributed by atoms with E-state index in [0.717, 1.165) is 50.0 Å². The van der Waals surface area contributed by atoms with E-state index in [0.29, 0.717) is 13.1 Å². The average molecular weight is 368 g/mol. The minimum absolute atomic E-state index is 0.0411. The third kappa shape index (κ3) is 3.99. The molecule has 2 aliphatic heterocycles. The van der Waals surface area contributed by atoms with Gasteiger partial charge in [0.1, 0.15) is 12.9 Å². The lowest BCUT2D eigenvalue weighted by Gasteiger charge is -2.33. The summed E-state index contributed by atoms with van der Waals surface area (Å²) >= 11 is 0. The van der Waals surface area contributed by atoms with Crippen molar-refractivity contribution in [3.05, 3.63) is 31.0 Å². The molecule has 2 aromatic heterocycles. The normalized spacial score (nSPS) is 18.1. The van der Waals surface area contributed by atoms with E-state index in [-0.39, 0.29) is 24.3 Å². The smallest absolute Gasteiger partial charge is 0.244 e. The second-order valence-electron chi connectivity index (χ2n) is 7.21. The van der Waals surface area contributed by atoms with Crippen LogP contribution in [0.15, 0.2) is 31.0 Å². The van der Waals surface area contributed by atoms with Gasteiger partial charge in [-0.15, -0.1) is 0 Å². The van der Waals surface area contributed by atoms with Crippen molar-refractivity contribution < 1.29 is 9.59 Å². The summed E-state index contributed by atoms with van der Waals surface area (Å²) in [7, 11) is 0. The number of piperidine rings is 1. The molecule has 0 N–H and O–H groups in total. The van der Waals surface area contributed by atoms with Gasteiger partial charge in [0, 0.05) is 50.1 Å². The molecule has 2 fully saturated rings. The number of carbonyl (C=O) groups excluding carboxylic acids is 2. The summed E-state index contributed by atoms with van der Waals surface area (Å²) in [5, 5.41) is 4.27. The van der Waals surface area contributed by atoms with Gasteiger partial charge in [-0.3, -0.25) is 14.3 Å². The Morgan fingerprint density at radius 2 is 1.85 bits per heavy atom. The van der Waals surface area contributed by atoms with Crippen LogP contribution >= 0.6 is 0 Å². The third-order valence-corrected chi connectivity index (χ3v) is 5.42. The fourth-order valence-electron chi connectivity index (χ4n) is 3.85. The molecule has 8 nitrogen and oxygen atoms in total. The molecular formula is C19H24N6O2. The second kappa shape index (κ2) is 7.85. The van der Waals surface area contributed by atoms with Gasteiger partial charge in [-0.1, -0.05) is 0 Å². The largest absolute Gasteiger partial charge is 0.342 e. The zero-order valence-electron chi connectivity index (χ0n) is 15.3. The van der Waals surface area contributed by atoms with Gasteiger partial charge in [-0.05, 0) is 31.7 Å². The van der Waals surface area contributed by atoms with Crippen LogP contribution in [0.4, 0.5) is 0 Å². The fraction of sp³-hybridized carbons (Fsp3) is 0.526. The van der Waals surface area contributed by atoms with E-state index in [1.807, 2.05) is 22.1 Å². The lowest BCUT2D eigenvalue weighted by Crippen LogP contribution is -2.44. The molecule has 27 heavy (non-hydrogen) atoms. The highest BCUT2D eigenvalue weighted by Crippen LogP contribution is 2.22. The molecule has 0 aromatic carbocycles. The van der Waals surface area contributed by atoms with Gasteiger partial charge in [0.25, 0.3) is 0 Å². The van der Waals surface area contributed by atoms with E-state index < -0.39 is 0 Å². The van der Waals surface area contributed by atoms with Gasteiger partial charge in [-0.2, -0.15) is 5.10 Å². The molecule has 0 saturated carbocycles. The van der Waals surface area contributed by atoms with Gasteiger partial charge in [0.05, 0.1) is 11.9 Å². The summed E-state index contributed by atoms with van der Waals surface area (Å²) < 4.78 is 1.64.